The van der Waals surface area contributed by atoms with Crippen LogP contribution in [0.5, 0.6) is 5.75 Å². The molecule has 1 unspecified atom stereocenters. The summed E-state index contributed by atoms with van der Waals surface area (Å²) in [5, 5.41) is 4.29. The maximum Gasteiger partial charge on any atom is 0.200 e. The molecule has 0 saturated heterocycles. The molecule has 0 aliphatic carbocycles. The monoisotopic (exact) mass is 387 g/mol. The van der Waals surface area contributed by atoms with E-state index in [4.69, 9.17) is 10.5 Å². The topological polar surface area (TPSA) is 70.9 Å². The van der Waals surface area contributed by atoms with Gasteiger partial charge in [0.25, 0.3) is 0 Å². The smallest absolute Gasteiger partial charge is 0.200 e. The SMILES string of the molecule is COc1ccc(C(Cc2cccc(-c3cnn(C)c3)c2)c2cn(C)c(N)n2)cc1. The number of hydrogen-bond acceptors (Lipinski definition) is 4. The summed E-state index contributed by atoms with van der Waals surface area (Å²) in [5.41, 5.74) is 11.7. The number of anilines is 1. The number of benzene rings is 2. The molecule has 0 spiro atoms. The number of imidazole rings is 1. The van der Waals surface area contributed by atoms with Gasteiger partial charge in [0.15, 0.2) is 5.95 Å². The number of methoxy groups -OCH3 is 1. The summed E-state index contributed by atoms with van der Waals surface area (Å²) in [6.45, 7) is 0. The fourth-order valence-electron chi connectivity index (χ4n) is 3.59. The van der Waals surface area contributed by atoms with Crippen LogP contribution in [0.15, 0.2) is 67.1 Å². The molecule has 0 aliphatic heterocycles. The van der Waals surface area contributed by atoms with E-state index in [0.717, 1.165) is 29.0 Å². The highest BCUT2D eigenvalue weighted by atomic mass is 16.5. The van der Waals surface area contributed by atoms with E-state index in [9.17, 15) is 0 Å². The Bertz CT molecular complexity index is 1090. The maximum absolute atomic E-state index is 6.02. The van der Waals surface area contributed by atoms with Crippen molar-refractivity contribution in [2.24, 2.45) is 14.1 Å². The zero-order chi connectivity index (χ0) is 20.4. The molecule has 1 atom stereocenters. The lowest BCUT2D eigenvalue weighted by Crippen LogP contribution is -2.06. The van der Waals surface area contributed by atoms with E-state index in [2.05, 4.69) is 46.5 Å². The molecule has 0 saturated carbocycles. The molecule has 4 rings (SSSR count). The van der Waals surface area contributed by atoms with E-state index in [1.54, 1.807) is 7.11 Å². The van der Waals surface area contributed by atoms with Gasteiger partial charge in [-0.25, -0.2) is 4.98 Å². The van der Waals surface area contributed by atoms with Gasteiger partial charge in [0.1, 0.15) is 5.75 Å². The highest BCUT2D eigenvalue weighted by Gasteiger charge is 2.19. The predicted molar refractivity (Wildman–Crippen MR) is 115 cm³/mol. The molecule has 6 heteroatoms. The van der Waals surface area contributed by atoms with Crippen LogP contribution >= 0.6 is 0 Å². The number of hydrogen-bond donors (Lipinski definition) is 1. The third-order valence-electron chi connectivity index (χ3n) is 5.21. The lowest BCUT2D eigenvalue weighted by Gasteiger charge is -2.17. The minimum atomic E-state index is 0.0913. The molecule has 4 aromatic rings. The average molecular weight is 387 g/mol. The van der Waals surface area contributed by atoms with Gasteiger partial charge in [0.2, 0.25) is 0 Å². The van der Waals surface area contributed by atoms with E-state index in [1.807, 2.05) is 54.1 Å². The molecule has 2 aromatic carbocycles. The summed E-state index contributed by atoms with van der Waals surface area (Å²) in [6, 6.07) is 16.7. The first-order valence-corrected chi connectivity index (χ1v) is 9.54. The summed E-state index contributed by atoms with van der Waals surface area (Å²) in [7, 11) is 5.52. The summed E-state index contributed by atoms with van der Waals surface area (Å²) in [5.74, 6) is 1.45. The van der Waals surface area contributed by atoms with E-state index in [1.165, 1.54) is 11.1 Å². The molecule has 0 aliphatic rings. The normalized spacial score (nSPS) is 12.1. The number of ether oxygens (including phenoxy) is 1. The van der Waals surface area contributed by atoms with Crippen LogP contribution in [0.3, 0.4) is 0 Å². The highest BCUT2D eigenvalue weighted by Crippen LogP contribution is 2.31. The van der Waals surface area contributed by atoms with Gasteiger partial charge in [0, 0.05) is 38.0 Å². The molecule has 0 fully saturated rings. The van der Waals surface area contributed by atoms with Gasteiger partial charge >= 0.3 is 0 Å². The molecule has 0 bridgehead atoms. The van der Waals surface area contributed by atoms with Crippen molar-refractivity contribution in [1.29, 1.82) is 0 Å². The van der Waals surface area contributed by atoms with Crippen LogP contribution in [0.25, 0.3) is 11.1 Å². The van der Waals surface area contributed by atoms with E-state index in [0.29, 0.717) is 5.95 Å². The molecule has 148 valence electrons. The van der Waals surface area contributed by atoms with Gasteiger partial charge in [-0.2, -0.15) is 5.10 Å². The van der Waals surface area contributed by atoms with Crippen LogP contribution in [0.1, 0.15) is 22.7 Å². The zero-order valence-electron chi connectivity index (χ0n) is 16.9. The van der Waals surface area contributed by atoms with E-state index in [-0.39, 0.29) is 5.92 Å². The average Bonchev–Trinajstić information content (AvgIpc) is 3.32. The van der Waals surface area contributed by atoms with Crippen molar-refractivity contribution in [3.63, 3.8) is 0 Å². The van der Waals surface area contributed by atoms with Gasteiger partial charge in [-0.3, -0.25) is 4.68 Å². The molecule has 2 aromatic heterocycles. The Morgan fingerprint density at radius 2 is 1.83 bits per heavy atom. The van der Waals surface area contributed by atoms with Crippen LogP contribution in [-0.4, -0.2) is 26.4 Å². The number of nitrogen functional groups attached to an aromatic ring is 1. The van der Waals surface area contributed by atoms with Crippen LogP contribution in [0, 0.1) is 0 Å². The molecule has 0 amide bonds. The Morgan fingerprint density at radius 1 is 1.03 bits per heavy atom. The fraction of sp³-hybridized carbons (Fsp3) is 0.217. The lowest BCUT2D eigenvalue weighted by atomic mass is 9.88. The first-order valence-electron chi connectivity index (χ1n) is 9.54. The van der Waals surface area contributed by atoms with Gasteiger partial charge in [0.05, 0.1) is 19.0 Å². The summed E-state index contributed by atoms with van der Waals surface area (Å²) in [4.78, 5) is 4.61. The maximum atomic E-state index is 6.02. The highest BCUT2D eigenvalue weighted by molar-refractivity contribution is 5.62. The van der Waals surface area contributed by atoms with Crippen molar-refractivity contribution in [1.82, 2.24) is 19.3 Å². The lowest BCUT2D eigenvalue weighted by molar-refractivity contribution is 0.414. The van der Waals surface area contributed by atoms with Crippen molar-refractivity contribution >= 4 is 5.95 Å². The van der Waals surface area contributed by atoms with E-state index < -0.39 is 0 Å². The quantitative estimate of drug-likeness (QED) is 0.546. The van der Waals surface area contributed by atoms with Crippen LogP contribution in [0.4, 0.5) is 5.95 Å². The number of nitrogens with two attached hydrogens (primary N) is 1. The zero-order valence-corrected chi connectivity index (χ0v) is 16.9. The number of rotatable bonds is 6. The standard InChI is InChI=1S/C23H25N5O/c1-27-15-22(26-23(27)24)21(17-7-9-20(29-3)10-8-17)12-16-5-4-6-18(11-16)19-13-25-28(2)14-19/h4-11,13-15,21H,12H2,1-3H3,(H2,24,26). The Morgan fingerprint density at radius 3 is 2.45 bits per heavy atom. The van der Waals surface area contributed by atoms with Crippen molar-refractivity contribution < 1.29 is 4.74 Å². The first kappa shape index (κ1) is 18.8. The van der Waals surface area contributed by atoms with E-state index >= 15 is 0 Å². The van der Waals surface area contributed by atoms with Crippen molar-refractivity contribution in [3.05, 3.63) is 83.9 Å². The van der Waals surface area contributed by atoms with Gasteiger partial charge in [-0.05, 0) is 35.2 Å². The van der Waals surface area contributed by atoms with Crippen molar-refractivity contribution in [2.75, 3.05) is 12.8 Å². The van der Waals surface area contributed by atoms with Gasteiger partial charge in [-0.1, -0.05) is 36.4 Å². The first-order chi connectivity index (χ1) is 14.0. The molecule has 0 radical (unpaired) electrons. The Balaban J connectivity index is 1.70. The Hall–Kier alpha value is -3.54. The molecular formula is C23H25N5O. The molecular weight excluding hydrogens is 362 g/mol. The summed E-state index contributed by atoms with van der Waals surface area (Å²) >= 11 is 0. The summed E-state index contributed by atoms with van der Waals surface area (Å²) < 4.78 is 8.99. The largest absolute Gasteiger partial charge is 0.497 e. The van der Waals surface area contributed by atoms with Crippen LogP contribution < -0.4 is 10.5 Å². The molecule has 6 nitrogen and oxygen atoms in total. The number of aryl methyl sites for hydroxylation is 2. The molecule has 29 heavy (non-hydrogen) atoms. The third-order valence-corrected chi connectivity index (χ3v) is 5.21. The van der Waals surface area contributed by atoms with Crippen LogP contribution in [0.2, 0.25) is 0 Å². The fourth-order valence-corrected chi connectivity index (χ4v) is 3.59. The second-order valence-electron chi connectivity index (χ2n) is 7.27. The predicted octanol–water partition coefficient (Wildman–Crippen LogP) is 3.79. The number of nitrogens with zero attached hydrogens (tertiary/aromatic N) is 4. The Kier molecular flexibility index (Phi) is 5.08. The second-order valence-corrected chi connectivity index (χ2v) is 7.27. The van der Waals surface area contributed by atoms with Crippen LogP contribution in [-0.2, 0) is 20.5 Å². The summed E-state index contributed by atoms with van der Waals surface area (Å²) in [6.07, 6.45) is 6.74. The minimum Gasteiger partial charge on any atom is -0.497 e. The Labute approximate surface area is 170 Å². The second kappa shape index (κ2) is 7.83. The van der Waals surface area contributed by atoms with Gasteiger partial charge < -0.3 is 15.0 Å². The molecule has 2 N–H and O–H groups in total. The number of aromatic nitrogens is 4. The van der Waals surface area contributed by atoms with Crippen molar-refractivity contribution in [2.45, 2.75) is 12.3 Å². The van der Waals surface area contributed by atoms with Crippen molar-refractivity contribution in [3.8, 4) is 16.9 Å². The van der Waals surface area contributed by atoms with Gasteiger partial charge in [-0.15, -0.1) is 0 Å². The third kappa shape index (κ3) is 4.01. The minimum absolute atomic E-state index is 0.0913. The molecule has 2 heterocycles.